The summed E-state index contributed by atoms with van der Waals surface area (Å²) in [5.41, 5.74) is 1.98. The molecule has 3 aromatic rings. The Hall–Kier alpha value is -4.18. The molecular weight excluding hydrogens is 508 g/mol. The number of aliphatic hydroxyl groups excluding tert-OH is 3. The van der Waals surface area contributed by atoms with E-state index in [1.165, 1.54) is 39.0 Å². The van der Waals surface area contributed by atoms with E-state index < -0.39 is 0 Å². The molecule has 0 amide bonds. The molecule has 0 spiro atoms. The molecule has 6 nitrogen and oxygen atoms in total. The van der Waals surface area contributed by atoms with Gasteiger partial charge in [-0.05, 0) is 20.8 Å². The molecule has 3 rings (SSSR count). The fourth-order valence-electron chi connectivity index (χ4n) is 2.65. The van der Waals surface area contributed by atoms with Crippen molar-refractivity contribution >= 4 is 34.6 Å². The summed E-state index contributed by atoms with van der Waals surface area (Å²) < 4.78 is 0. The standard InChI is InChI=1S/3C10H10O2.Cr/c3*1-8(11)7-10(12)9-5-3-2-4-6-9;/h3*2-7,12H,1H3;. The second-order valence-electron chi connectivity index (χ2n) is 7.52. The van der Waals surface area contributed by atoms with Gasteiger partial charge in [-0.3, -0.25) is 14.4 Å². The Morgan fingerprint density at radius 3 is 0.811 bits per heavy atom. The van der Waals surface area contributed by atoms with E-state index in [-0.39, 0.29) is 52.0 Å². The third kappa shape index (κ3) is 14.7. The predicted octanol–water partition coefficient (Wildman–Crippen LogP) is 6.52. The van der Waals surface area contributed by atoms with E-state index in [0.717, 1.165) is 0 Å². The van der Waals surface area contributed by atoms with Crippen molar-refractivity contribution in [2.45, 2.75) is 20.8 Å². The Morgan fingerprint density at radius 1 is 0.459 bits per heavy atom. The summed E-state index contributed by atoms with van der Waals surface area (Å²) in [6.07, 6.45) is 3.61. The summed E-state index contributed by atoms with van der Waals surface area (Å²) >= 11 is 0. The average Bonchev–Trinajstić information content (AvgIpc) is 2.85. The van der Waals surface area contributed by atoms with Crippen molar-refractivity contribution in [3.8, 4) is 0 Å². The van der Waals surface area contributed by atoms with Gasteiger partial charge in [0.2, 0.25) is 0 Å². The maximum atomic E-state index is 10.6. The van der Waals surface area contributed by atoms with Crippen LogP contribution in [-0.4, -0.2) is 32.7 Å². The number of rotatable bonds is 6. The molecule has 37 heavy (non-hydrogen) atoms. The molecule has 7 heteroatoms. The second kappa shape index (κ2) is 18.1. The molecule has 0 fully saturated rings. The summed E-state index contributed by atoms with van der Waals surface area (Å²) in [6, 6.07) is 26.9. The maximum absolute atomic E-state index is 10.6. The number of benzene rings is 3. The Labute approximate surface area is 228 Å². The smallest absolute Gasteiger partial charge is 0.156 e. The first-order chi connectivity index (χ1) is 17.1. The van der Waals surface area contributed by atoms with Crippen molar-refractivity contribution in [1.29, 1.82) is 0 Å². The molecule has 0 aliphatic heterocycles. The number of ketones is 3. The summed E-state index contributed by atoms with van der Waals surface area (Å²) in [4.78, 5) is 31.8. The summed E-state index contributed by atoms with van der Waals surface area (Å²) in [7, 11) is 0. The molecule has 0 saturated carbocycles. The van der Waals surface area contributed by atoms with Gasteiger partial charge in [-0.25, -0.2) is 0 Å². The zero-order valence-corrected chi connectivity index (χ0v) is 22.1. The maximum Gasteiger partial charge on any atom is 0.156 e. The van der Waals surface area contributed by atoms with Gasteiger partial charge in [0.15, 0.2) is 17.3 Å². The van der Waals surface area contributed by atoms with Gasteiger partial charge in [0.1, 0.15) is 17.3 Å². The molecular formula is C30H30CrO6. The van der Waals surface area contributed by atoms with Crippen LogP contribution in [0.3, 0.4) is 0 Å². The molecule has 3 aromatic carbocycles. The molecule has 0 radical (unpaired) electrons. The molecule has 0 saturated heterocycles. The van der Waals surface area contributed by atoms with Crippen LogP contribution in [0.5, 0.6) is 0 Å². The van der Waals surface area contributed by atoms with Gasteiger partial charge in [0.25, 0.3) is 0 Å². The van der Waals surface area contributed by atoms with Gasteiger partial charge in [0, 0.05) is 52.3 Å². The summed E-state index contributed by atoms with van der Waals surface area (Å²) in [5, 5.41) is 28.0. The normalized spacial score (nSPS) is 10.9. The molecule has 0 aliphatic carbocycles. The van der Waals surface area contributed by atoms with Crippen LogP contribution >= 0.6 is 0 Å². The van der Waals surface area contributed by atoms with Gasteiger partial charge in [-0.1, -0.05) is 91.0 Å². The zero-order chi connectivity index (χ0) is 26.9. The van der Waals surface area contributed by atoms with Crippen LogP contribution in [0.2, 0.25) is 0 Å². The monoisotopic (exact) mass is 538 g/mol. The second-order valence-corrected chi connectivity index (χ2v) is 7.52. The topological polar surface area (TPSA) is 112 Å². The molecule has 3 N–H and O–H groups in total. The van der Waals surface area contributed by atoms with Crippen molar-refractivity contribution in [2.75, 3.05) is 0 Å². The summed E-state index contributed by atoms with van der Waals surface area (Å²) in [6.45, 7) is 4.21. The summed E-state index contributed by atoms with van der Waals surface area (Å²) in [5.74, 6) is -0.418. The Morgan fingerprint density at radius 2 is 0.649 bits per heavy atom. The first-order valence-corrected chi connectivity index (χ1v) is 11.0. The third-order valence-corrected chi connectivity index (χ3v) is 4.23. The quantitative estimate of drug-likeness (QED) is 0.243. The van der Waals surface area contributed by atoms with E-state index >= 15 is 0 Å². The first kappa shape index (κ1) is 32.8. The van der Waals surface area contributed by atoms with Crippen LogP contribution in [0.1, 0.15) is 37.5 Å². The van der Waals surface area contributed by atoms with Gasteiger partial charge >= 0.3 is 0 Å². The van der Waals surface area contributed by atoms with Crippen molar-refractivity contribution < 1.29 is 47.1 Å². The molecule has 0 atom stereocenters. The molecule has 192 valence electrons. The molecule has 0 bridgehead atoms. The first-order valence-electron chi connectivity index (χ1n) is 11.0. The van der Waals surface area contributed by atoms with E-state index in [9.17, 15) is 29.7 Å². The number of carbonyl (C=O) groups is 3. The number of hydrogen-bond acceptors (Lipinski definition) is 6. The van der Waals surface area contributed by atoms with Crippen LogP contribution in [0.25, 0.3) is 17.3 Å². The minimum atomic E-state index is -0.156. The number of hydrogen-bond donors (Lipinski definition) is 3. The van der Waals surface area contributed by atoms with Gasteiger partial charge < -0.3 is 15.3 Å². The van der Waals surface area contributed by atoms with Crippen molar-refractivity contribution in [3.05, 3.63) is 126 Å². The van der Waals surface area contributed by atoms with Crippen LogP contribution < -0.4 is 0 Å². The van der Waals surface area contributed by atoms with Crippen LogP contribution in [0, 0.1) is 0 Å². The van der Waals surface area contributed by atoms with Gasteiger partial charge in [-0.2, -0.15) is 0 Å². The zero-order valence-electron chi connectivity index (χ0n) is 20.9. The minimum absolute atomic E-state index is 0. The van der Waals surface area contributed by atoms with E-state index in [2.05, 4.69) is 0 Å². The third-order valence-electron chi connectivity index (χ3n) is 4.23. The Kier molecular flexibility index (Phi) is 16.1. The van der Waals surface area contributed by atoms with Crippen LogP contribution in [-0.2, 0) is 31.7 Å². The molecule has 0 heterocycles. The number of allylic oxidation sites excluding steroid dienone is 3. The predicted molar refractivity (Wildman–Crippen MR) is 143 cm³/mol. The Bertz CT molecular complexity index is 1060. The largest absolute Gasteiger partial charge is 0.507 e. The SMILES string of the molecule is CC(=O)C=C(O)c1ccccc1.CC(=O)C=C(O)c1ccccc1.CC(=O)C=C(O)c1ccccc1.[Cr]. The van der Waals surface area contributed by atoms with E-state index in [1.54, 1.807) is 72.8 Å². The fraction of sp³-hybridized carbons (Fsp3) is 0.100. The minimum Gasteiger partial charge on any atom is -0.507 e. The van der Waals surface area contributed by atoms with Gasteiger partial charge in [-0.15, -0.1) is 0 Å². The number of aliphatic hydroxyl groups is 3. The molecule has 0 unspecified atom stereocenters. The molecule has 0 aromatic heterocycles. The average molecular weight is 539 g/mol. The van der Waals surface area contributed by atoms with Crippen molar-refractivity contribution in [2.24, 2.45) is 0 Å². The van der Waals surface area contributed by atoms with Crippen LogP contribution in [0.15, 0.2) is 109 Å². The van der Waals surface area contributed by atoms with E-state index in [0.29, 0.717) is 16.7 Å². The molecule has 0 aliphatic rings. The van der Waals surface area contributed by atoms with E-state index in [1.807, 2.05) is 18.2 Å². The van der Waals surface area contributed by atoms with Crippen molar-refractivity contribution in [1.82, 2.24) is 0 Å². The van der Waals surface area contributed by atoms with E-state index in [4.69, 9.17) is 0 Å². The fourth-order valence-corrected chi connectivity index (χ4v) is 2.65. The van der Waals surface area contributed by atoms with Gasteiger partial charge in [0.05, 0.1) is 0 Å². The Balaban J connectivity index is 0.000000518. The van der Waals surface area contributed by atoms with Crippen molar-refractivity contribution in [3.63, 3.8) is 0 Å². The van der Waals surface area contributed by atoms with Crippen LogP contribution in [0.4, 0.5) is 0 Å². The number of carbonyl (C=O) groups excluding carboxylic acids is 3.